The minimum Gasteiger partial charge on any atom is -0.458 e. The predicted molar refractivity (Wildman–Crippen MR) is 212 cm³/mol. The lowest BCUT2D eigenvalue weighted by Gasteiger charge is -2.57. The van der Waals surface area contributed by atoms with Crippen LogP contribution in [0.2, 0.25) is 0 Å². The number of allylic oxidation sites excluding steroid dienone is 2. The molecule has 9 heteroatoms. The maximum atomic E-state index is 13.0. The summed E-state index contributed by atoms with van der Waals surface area (Å²) in [6.07, 6.45) is 13.7. The molecule has 0 amide bonds. The van der Waals surface area contributed by atoms with E-state index in [2.05, 4.69) is 33.8 Å². The minimum absolute atomic E-state index is 0.0661. The molecule has 6 heterocycles. The van der Waals surface area contributed by atoms with Crippen LogP contribution in [-0.4, -0.2) is 50.3 Å². The molecule has 0 bridgehead atoms. The van der Waals surface area contributed by atoms with Gasteiger partial charge >= 0.3 is 5.97 Å². The molecule has 1 aromatic carbocycles. The van der Waals surface area contributed by atoms with Crippen LogP contribution in [0, 0.1) is 46.3 Å². The maximum absolute atomic E-state index is 13.0. The molecule has 2 saturated heterocycles. The van der Waals surface area contributed by atoms with E-state index in [4.69, 9.17) is 19.2 Å². The highest BCUT2D eigenvalue weighted by atomic mass is 16.7. The number of pyridine rings is 2. The average Bonchev–Trinajstić information content (AvgIpc) is 3.80. The summed E-state index contributed by atoms with van der Waals surface area (Å²) in [6, 6.07) is 11.6. The Morgan fingerprint density at radius 1 is 1.02 bits per heavy atom. The number of aliphatic hydroxyl groups excluding tert-OH is 1. The Morgan fingerprint density at radius 3 is 2.62 bits per heavy atom. The average molecular weight is 763 g/mol. The zero-order valence-electron chi connectivity index (χ0n) is 33.7. The summed E-state index contributed by atoms with van der Waals surface area (Å²) in [7, 11) is 0. The summed E-state index contributed by atoms with van der Waals surface area (Å²) >= 11 is 0. The highest BCUT2D eigenvalue weighted by Gasteiger charge is 2.68. The molecule has 0 radical (unpaired) electrons. The number of benzene rings is 1. The second-order valence-corrected chi connectivity index (χ2v) is 19.5. The first-order chi connectivity index (χ1) is 26.8. The van der Waals surface area contributed by atoms with Crippen molar-refractivity contribution in [2.45, 2.75) is 136 Å². The van der Waals surface area contributed by atoms with E-state index >= 15 is 0 Å². The number of aliphatic hydroxyl groups is 2. The fourth-order valence-electron chi connectivity index (χ4n) is 13.5. The number of carbonyl (C=O) groups excluding carboxylic acids is 1. The zero-order chi connectivity index (χ0) is 38.9. The first-order valence-corrected chi connectivity index (χ1v) is 21.6. The second-order valence-electron chi connectivity index (χ2n) is 19.5. The molecule has 2 aromatic heterocycles. The van der Waals surface area contributed by atoms with Gasteiger partial charge in [-0.2, -0.15) is 0 Å². The lowest BCUT2D eigenvalue weighted by molar-refractivity contribution is -0.272. The van der Waals surface area contributed by atoms with Crippen molar-refractivity contribution in [1.29, 1.82) is 0 Å². The smallest absolute Gasteiger partial charge is 0.343 e. The van der Waals surface area contributed by atoms with Crippen molar-refractivity contribution < 1.29 is 29.2 Å². The summed E-state index contributed by atoms with van der Waals surface area (Å²) in [6.45, 7) is 12.7. The number of para-hydroxylation sites is 1. The number of aromatic nitrogens is 2. The molecule has 1 spiro atoms. The number of esters is 1. The van der Waals surface area contributed by atoms with Crippen LogP contribution < -0.4 is 5.56 Å². The van der Waals surface area contributed by atoms with Gasteiger partial charge in [0.25, 0.3) is 5.56 Å². The molecule has 12 unspecified atom stereocenters. The lowest BCUT2D eigenvalue weighted by Crippen LogP contribution is -2.50. The number of nitrogens with zero attached hydrogens (tertiary/aromatic N) is 2. The number of fused-ring (bicyclic) bond motifs is 12. The van der Waals surface area contributed by atoms with Crippen molar-refractivity contribution in [3.05, 3.63) is 75.1 Å². The van der Waals surface area contributed by atoms with Crippen molar-refractivity contribution in [3.8, 4) is 11.4 Å². The molecule has 298 valence electrons. The van der Waals surface area contributed by atoms with Gasteiger partial charge in [-0.15, -0.1) is 0 Å². The number of cyclic esters (lactones) is 1. The Morgan fingerprint density at radius 2 is 1.84 bits per heavy atom. The molecule has 12 atom stereocenters. The van der Waals surface area contributed by atoms with Gasteiger partial charge < -0.3 is 29.0 Å². The van der Waals surface area contributed by atoms with E-state index in [0.717, 1.165) is 59.9 Å². The van der Waals surface area contributed by atoms with Crippen molar-refractivity contribution >= 4 is 16.9 Å². The van der Waals surface area contributed by atoms with Gasteiger partial charge in [0.1, 0.15) is 6.61 Å². The first-order valence-electron chi connectivity index (χ1n) is 21.6. The summed E-state index contributed by atoms with van der Waals surface area (Å²) in [5, 5.41) is 22.1. The van der Waals surface area contributed by atoms with Crippen LogP contribution in [0.3, 0.4) is 0 Å². The normalized spacial score (nSPS) is 41.6. The van der Waals surface area contributed by atoms with Crippen molar-refractivity contribution in [1.82, 2.24) is 9.55 Å². The van der Waals surface area contributed by atoms with E-state index in [1.807, 2.05) is 30.3 Å². The third-order valence-electron chi connectivity index (χ3n) is 16.7. The molecular formula is C47H58N2O7. The molecule has 9 nitrogen and oxygen atoms in total. The third-order valence-corrected chi connectivity index (χ3v) is 16.7. The third kappa shape index (κ3) is 5.15. The van der Waals surface area contributed by atoms with Crippen LogP contribution in [0.25, 0.3) is 22.3 Å². The Labute approximate surface area is 329 Å². The van der Waals surface area contributed by atoms with Gasteiger partial charge in [0, 0.05) is 28.9 Å². The van der Waals surface area contributed by atoms with Crippen LogP contribution in [0.4, 0.5) is 0 Å². The molecule has 5 fully saturated rings. The molecule has 3 saturated carbocycles. The van der Waals surface area contributed by atoms with Crippen LogP contribution >= 0.6 is 0 Å². The molecular weight excluding hydrogens is 705 g/mol. The molecule has 8 aliphatic rings. The largest absolute Gasteiger partial charge is 0.458 e. The fourth-order valence-corrected chi connectivity index (χ4v) is 13.5. The predicted octanol–water partition coefficient (Wildman–Crippen LogP) is 7.79. The van der Waals surface area contributed by atoms with E-state index in [0.29, 0.717) is 64.0 Å². The summed E-state index contributed by atoms with van der Waals surface area (Å²) in [5.41, 5.74) is 4.27. The molecule has 56 heavy (non-hydrogen) atoms. The van der Waals surface area contributed by atoms with Gasteiger partial charge in [0.2, 0.25) is 0 Å². The molecule has 11 rings (SSSR count). The Bertz CT molecular complexity index is 2200. The highest BCUT2D eigenvalue weighted by molar-refractivity contribution is 5.86. The van der Waals surface area contributed by atoms with Crippen LogP contribution in [0.1, 0.15) is 116 Å². The van der Waals surface area contributed by atoms with Gasteiger partial charge in [0.15, 0.2) is 11.4 Å². The number of hydrogen-bond donors (Lipinski definition) is 2. The summed E-state index contributed by atoms with van der Waals surface area (Å²) < 4.78 is 20.0. The standard InChI is InChI=1S/C27H42O3.C20H16N2O4/c1-16-7-12-27(29-15-16)17(2)24-23(30-27)14-22-20-6-5-18-13-19(28)8-10-25(18,3)21(20)9-11-26(22,24)4;1-2-20(25)14-8-16-17-12(7-11-5-3-4-6-15(11)21-17)9-22(16)18(23)13(14)10-26-19(20)24/h9,16-20,22-24,28H,5-8,10-15H2,1-4H3;3-8,25H,2,9-10H2,1H3. The monoisotopic (exact) mass is 762 g/mol. The Kier molecular flexibility index (Phi) is 8.45. The topological polar surface area (TPSA) is 120 Å². The molecule has 3 aromatic rings. The van der Waals surface area contributed by atoms with Gasteiger partial charge in [-0.25, -0.2) is 9.78 Å². The second kappa shape index (κ2) is 12.8. The number of carbonyl (C=O) groups is 1. The van der Waals surface area contributed by atoms with E-state index in [9.17, 15) is 19.8 Å². The quantitative estimate of drug-likeness (QED) is 0.149. The van der Waals surface area contributed by atoms with Crippen molar-refractivity contribution in [2.24, 2.45) is 46.3 Å². The SMILES string of the molecule is CC1CCC2(OC1)OC1CC3C4CCC5CC(O)CCC5(C)C4=CCC3(C)C1C2C.CCC1(O)C(=O)OCc2c1cc1n(c2=O)Cc2cc3ccccc3nc2-1. The number of hydrogen-bond acceptors (Lipinski definition) is 8. The maximum Gasteiger partial charge on any atom is 0.343 e. The van der Waals surface area contributed by atoms with Gasteiger partial charge in [-0.3, -0.25) is 4.79 Å². The number of rotatable bonds is 1. The van der Waals surface area contributed by atoms with Crippen molar-refractivity contribution in [2.75, 3.05) is 6.61 Å². The number of ether oxygens (including phenoxy) is 3. The summed E-state index contributed by atoms with van der Waals surface area (Å²) in [4.78, 5) is 29.9. The van der Waals surface area contributed by atoms with Gasteiger partial charge in [0.05, 0.1) is 47.8 Å². The van der Waals surface area contributed by atoms with E-state index in [1.165, 1.54) is 38.5 Å². The van der Waals surface area contributed by atoms with Crippen LogP contribution in [0.15, 0.2) is 52.8 Å². The van der Waals surface area contributed by atoms with Gasteiger partial charge in [-0.05, 0) is 116 Å². The molecule has 4 aliphatic carbocycles. The molecule has 2 N–H and O–H groups in total. The fraction of sp³-hybridized carbons (Fsp3) is 0.638. The lowest BCUT2D eigenvalue weighted by atomic mass is 9.48. The van der Waals surface area contributed by atoms with E-state index < -0.39 is 11.6 Å². The highest BCUT2D eigenvalue weighted by Crippen LogP contribution is 2.70. The minimum atomic E-state index is -1.79. The van der Waals surface area contributed by atoms with E-state index in [1.54, 1.807) is 23.1 Å². The zero-order valence-corrected chi connectivity index (χ0v) is 33.7. The Hall–Kier alpha value is -3.37. The van der Waals surface area contributed by atoms with Crippen LogP contribution in [0.5, 0.6) is 0 Å². The van der Waals surface area contributed by atoms with Gasteiger partial charge in [-0.1, -0.05) is 64.5 Å². The van der Waals surface area contributed by atoms with Crippen LogP contribution in [-0.2, 0) is 37.8 Å². The Balaban J connectivity index is 0.000000139. The summed E-state index contributed by atoms with van der Waals surface area (Å²) in [5.74, 6) is 2.98. The first kappa shape index (κ1) is 36.9. The van der Waals surface area contributed by atoms with Crippen molar-refractivity contribution in [3.63, 3.8) is 0 Å². The molecule has 4 aliphatic heterocycles. The van der Waals surface area contributed by atoms with E-state index in [-0.39, 0.29) is 30.5 Å².